The van der Waals surface area contributed by atoms with Gasteiger partial charge >= 0.3 is 0 Å². The second kappa shape index (κ2) is 3.27. The van der Waals surface area contributed by atoms with Crippen LogP contribution in [0.1, 0.15) is 25.7 Å². The quantitative estimate of drug-likeness (QED) is 0.467. The summed E-state index contributed by atoms with van der Waals surface area (Å²) in [5.74, 6) is 0.112. The van der Waals surface area contributed by atoms with Crippen LogP contribution < -0.4 is 16.4 Å². The zero-order chi connectivity index (χ0) is 9.31. The van der Waals surface area contributed by atoms with E-state index in [1.165, 1.54) is 0 Å². The van der Waals surface area contributed by atoms with Crippen molar-refractivity contribution >= 4 is 5.91 Å². The molecule has 0 aromatic rings. The maximum absolute atomic E-state index is 11.0. The molecule has 0 radical (unpaired) electrons. The van der Waals surface area contributed by atoms with Crippen molar-refractivity contribution in [2.45, 2.75) is 37.3 Å². The van der Waals surface area contributed by atoms with E-state index in [4.69, 9.17) is 5.73 Å². The van der Waals surface area contributed by atoms with Gasteiger partial charge in [0.1, 0.15) is 0 Å². The van der Waals surface area contributed by atoms with Crippen molar-refractivity contribution in [1.29, 1.82) is 0 Å². The molecule has 13 heavy (non-hydrogen) atoms. The summed E-state index contributed by atoms with van der Waals surface area (Å²) in [4.78, 5) is 11.0. The predicted octanol–water partition coefficient (Wildman–Crippen LogP) is -0.654. The second-order valence-corrected chi connectivity index (χ2v) is 4.25. The molecule has 1 heterocycles. The summed E-state index contributed by atoms with van der Waals surface area (Å²) in [5, 5.41) is 6.25. The number of hydrogen-bond donors (Lipinski definition) is 3. The molecule has 2 aliphatic rings. The molecule has 1 saturated carbocycles. The average Bonchev–Trinajstić information content (AvgIpc) is 2.16. The monoisotopic (exact) mass is 183 g/mol. The third kappa shape index (κ3) is 1.84. The van der Waals surface area contributed by atoms with Gasteiger partial charge in [0.15, 0.2) is 0 Å². The first-order valence-corrected chi connectivity index (χ1v) is 4.98. The van der Waals surface area contributed by atoms with Gasteiger partial charge in [-0.05, 0) is 25.7 Å². The van der Waals surface area contributed by atoms with Crippen LogP contribution in [-0.2, 0) is 4.79 Å². The minimum Gasteiger partial charge on any atom is -0.353 e. The lowest BCUT2D eigenvalue weighted by Gasteiger charge is -2.42. The lowest BCUT2D eigenvalue weighted by atomic mass is 9.78. The highest BCUT2D eigenvalue weighted by molar-refractivity contribution is 5.79. The van der Waals surface area contributed by atoms with Crippen LogP contribution in [0.4, 0.5) is 0 Å². The van der Waals surface area contributed by atoms with Gasteiger partial charge < -0.3 is 16.4 Å². The summed E-state index contributed by atoms with van der Waals surface area (Å²) in [7, 11) is 0. The van der Waals surface area contributed by atoms with Crippen LogP contribution in [0.5, 0.6) is 0 Å². The standard InChI is InChI=1S/C9H17N3O/c10-7-1-3-9(4-2-7)6-11-8(13)5-12-9/h7,12H,1-6,10H2,(H,11,13). The van der Waals surface area contributed by atoms with Gasteiger partial charge in [0.25, 0.3) is 0 Å². The van der Waals surface area contributed by atoms with E-state index in [1.807, 2.05) is 0 Å². The Morgan fingerprint density at radius 1 is 1.38 bits per heavy atom. The molecule has 4 N–H and O–H groups in total. The molecule has 0 bridgehead atoms. The van der Waals surface area contributed by atoms with E-state index in [1.54, 1.807) is 0 Å². The zero-order valence-corrected chi connectivity index (χ0v) is 7.81. The summed E-state index contributed by atoms with van der Waals surface area (Å²) < 4.78 is 0. The lowest BCUT2D eigenvalue weighted by molar-refractivity contribution is -0.122. The van der Waals surface area contributed by atoms with E-state index in [9.17, 15) is 4.79 Å². The summed E-state index contributed by atoms with van der Waals surface area (Å²) in [6, 6.07) is 0.366. The molecule has 2 fully saturated rings. The number of hydrogen-bond acceptors (Lipinski definition) is 3. The number of piperazine rings is 1. The summed E-state index contributed by atoms with van der Waals surface area (Å²) in [6.07, 6.45) is 4.33. The molecule has 1 saturated heterocycles. The smallest absolute Gasteiger partial charge is 0.234 e. The molecular formula is C9H17N3O. The molecule has 74 valence electrons. The third-order valence-corrected chi connectivity index (χ3v) is 3.24. The first-order valence-electron chi connectivity index (χ1n) is 4.98. The molecule has 0 unspecified atom stereocenters. The number of rotatable bonds is 0. The van der Waals surface area contributed by atoms with Crippen molar-refractivity contribution < 1.29 is 4.79 Å². The minimum atomic E-state index is 0.112. The van der Waals surface area contributed by atoms with Gasteiger partial charge in [-0.3, -0.25) is 4.79 Å². The zero-order valence-electron chi connectivity index (χ0n) is 7.81. The largest absolute Gasteiger partial charge is 0.353 e. The number of carbonyl (C=O) groups excluding carboxylic acids is 1. The number of carbonyl (C=O) groups is 1. The molecule has 1 aliphatic heterocycles. The predicted molar refractivity (Wildman–Crippen MR) is 50.2 cm³/mol. The molecule has 1 amide bonds. The molecular weight excluding hydrogens is 166 g/mol. The van der Waals surface area contributed by atoms with E-state index in [-0.39, 0.29) is 11.4 Å². The van der Waals surface area contributed by atoms with Crippen molar-refractivity contribution in [3.05, 3.63) is 0 Å². The van der Waals surface area contributed by atoms with Crippen LogP contribution in [0, 0.1) is 0 Å². The van der Waals surface area contributed by atoms with Crippen LogP contribution in [0.15, 0.2) is 0 Å². The maximum Gasteiger partial charge on any atom is 0.234 e. The second-order valence-electron chi connectivity index (χ2n) is 4.25. The van der Waals surface area contributed by atoms with E-state index >= 15 is 0 Å². The fourth-order valence-corrected chi connectivity index (χ4v) is 2.21. The Hall–Kier alpha value is -0.610. The Labute approximate surface area is 78.2 Å². The highest BCUT2D eigenvalue weighted by Gasteiger charge is 2.36. The van der Waals surface area contributed by atoms with Gasteiger partial charge in [0.2, 0.25) is 5.91 Å². The molecule has 1 spiro atoms. The number of nitrogens with two attached hydrogens (primary N) is 1. The van der Waals surface area contributed by atoms with Gasteiger partial charge in [-0.25, -0.2) is 0 Å². The Balaban J connectivity index is 1.94. The lowest BCUT2D eigenvalue weighted by Crippen LogP contribution is -2.63. The van der Waals surface area contributed by atoms with Gasteiger partial charge in [-0.15, -0.1) is 0 Å². The van der Waals surface area contributed by atoms with Gasteiger partial charge in [0, 0.05) is 18.1 Å². The van der Waals surface area contributed by atoms with E-state index in [0.717, 1.165) is 32.2 Å². The van der Waals surface area contributed by atoms with Crippen LogP contribution >= 0.6 is 0 Å². The molecule has 0 aromatic carbocycles. The van der Waals surface area contributed by atoms with Crippen LogP contribution in [0.25, 0.3) is 0 Å². The van der Waals surface area contributed by atoms with E-state index in [2.05, 4.69) is 10.6 Å². The van der Waals surface area contributed by atoms with E-state index < -0.39 is 0 Å². The Kier molecular flexibility index (Phi) is 2.26. The van der Waals surface area contributed by atoms with Crippen molar-refractivity contribution in [3.63, 3.8) is 0 Å². The van der Waals surface area contributed by atoms with Gasteiger partial charge in [0.05, 0.1) is 6.54 Å². The normalized spacial score (nSPS) is 40.4. The van der Waals surface area contributed by atoms with Crippen LogP contribution in [0.3, 0.4) is 0 Å². The van der Waals surface area contributed by atoms with E-state index in [0.29, 0.717) is 12.6 Å². The molecule has 0 aromatic heterocycles. The topological polar surface area (TPSA) is 67.1 Å². The maximum atomic E-state index is 11.0. The minimum absolute atomic E-state index is 0.112. The Morgan fingerprint density at radius 2 is 2.08 bits per heavy atom. The van der Waals surface area contributed by atoms with Crippen molar-refractivity contribution in [1.82, 2.24) is 10.6 Å². The summed E-state index contributed by atoms with van der Waals surface area (Å²) in [6.45, 7) is 1.24. The van der Waals surface area contributed by atoms with Crippen LogP contribution in [-0.4, -0.2) is 30.6 Å². The number of nitrogens with one attached hydrogen (secondary N) is 2. The Bertz CT molecular complexity index is 197. The van der Waals surface area contributed by atoms with Crippen molar-refractivity contribution in [2.75, 3.05) is 13.1 Å². The van der Waals surface area contributed by atoms with Crippen molar-refractivity contribution in [2.24, 2.45) is 5.73 Å². The third-order valence-electron chi connectivity index (χ3n) is 3.24. The molecule has 0 atom stereocenters. The molecule has 4 heteroatoms. The van der Waals surface area contributed by atoms with Gasteiger partial charge in [-0.1, -0.05) is 0 Å². The first-order chi connectivity index (χ1) is 6.20. The van der Waals surface area contributed by atoms with Crippen molar-refractivity contribution in [3.8, 4) is 0 Å². The molecule has 2 rings (SSSR count). The number of amides is 1. The Morgan fingerprint density at radius 3 is 2.62 bits per heavy atom. The SMILES string of the molecule is NC1CCC2(CC1)CNC(=O)CN2. The highest BCUT2D eigenvalue weighted by Crippen LogP contribution is 2.27. The highest BCUT2D eigenvalue weighted by atomic mass is 16.2. The fraction of sp³-hybridized carbons (Fsp3) is 0.889. The summed E-state index contributed by atoms with van der Waals surface area (Å²) in [5.41, 5.74) is 5.99. The summed E-state index contributed by atoms with van der Waals surface area (Å²) >= 11 is 0. The molecule has 1 aliphatic carbocycles. The fourth-order valence-electron chi connectivity index (χ4n) is 2.21. The first kappa shape index (κ1) is 8.97. The van der Waals surface area contributed by atoms with Crippen LogP contribution in [0.2, 0.25) is 0 Å². The average molecular weight is 183 g/mol. The molecule has 4 nitrogen and oxygen atoms in total. The van der Waals surface area contributed by atoms with Gasteiger partial charge in [-0.2, -0.15) is 0 Å².